The summed E-state index contributed by atoms with van der Waals surface area (Å²) in [6, 6.07) is 22.3. The van der Waals surface area contributed by atoms with Crippen molar-refractivity contribution in [3.63, 3.8) is 0 Å². The molecule has 2 aliphatic heterocycles. The fraction of sp³-hybridized carbons (Fsp3) is 0.290. The van der Waals surface area contributed by atoms with Gasteiger partial charge in [-0.05, 0) is 104 Å². The highest BCUT2D eigenvalue weighted by molar-refractivity contribution is 7.80. The summed E-state index contributed by atoms with van der Waals surface area (Å²) in [5.74, 6) is 0.761. The van der Waals surface area contributed by atoms with Gasteiger partial charge in [0.05, 0.1) is 22.4 Å². The second-order valence-corrected chi connectivity index (χ2v) is 11.7. The Morgan fingerprint density at radius 3 is 2.44 bits per heavy atom. The Balaban J connectivity index is 1.43. The van der Waals surface area contributed by atoms with Crippen molar-refractivity contribution < 1.29 is 0 Å². The molecule has 0 aliphatic carbocycles. The Morgan fingerprint density at radius 1 is 0.923 bits per heavy atom. The second-order valence-electron chi connectivity index (χ2n) is 10.5. The molecule has 2 saturated heterocycles. The second kappa shape index (κ2) is 10.8. The number of halogens is 2. The Kier molecular flexibility index (Phi) is 7.27. The molecule has 2 aromatic heterocycles. The molecule has 2 atom stereocenters. The van der Waals surface area contributed by atoms with Crippen LogP contribution in [0, 0.1) is 12.8 Å². The van der Waals surface area contributed by atoms with Crippen molar-refractivity contribution >= 4 is 51.9 Å². The number of pyridine rings is 1. The SMILES string of the molecule is Cc1cc(-n2cccc2[C@@H]2[C@@H](c3ccccn3)NC(=S)N2c2ccc(N3CCC(C)CC3)c(Cl)c2)ccc1Cl. The van der Waals surface area contributed by atoms with Gasteiger partial charge in [0, 0.05) is 47.6 Å². The number of piperidine rings is 1. The molecule has 200 valence electrons. The summed E-state index contributed by atoms with van der Waals surface area (Å²) in [5, 5.41) is 5.71. The van der Waals surface area contributed by atoms with Crippen LogP contribution >= 0.6 is 35.4 Å². The van der Waals surface area contributed by atoms with Crippen LogP contribution in [-0.4, -0.2) is 27.8 Å². The number of nitrogens with zero attached hydrogens (tertiary/aromatic N) is 4. The summed E-state index contributed by atoms with van der Waals surface area (Å²) in [6.07, 6.45) is 6.29. The number of anilines is 2. The van der Waals surface area contributed by atoms with E-state index in [9.17, 15) is 0 Å². The minimum absolute atomic E-state index is 0.150. The van der Waals surface area contributed by atoms with Crippen LogP contribution in [0.5, 0.6) is 0 Å². The molecule has 0 unspecified atom stereocenters. The van der Waals surface area contributed by atoms with Gasteiger partial charge in [0.2, 0.25) is 0 Å². The van der Waals surface area contributed by atoms with Gasteiger partial charge >= 0.3 is 0 Å². The number of aromatic nitrogens is 2. The van der Waals surface area contributed by atoms with E-state index in [1.807, 2.05) is 43.5 Å². The highest BCUT2D eigenvalue weighted by Crippen LogP contribution is 2.44. The van der Waals surface area contributed by atoms with Crippen LogP contribution in [0.3, 0.4) is 0 Å². The third kappa shape index (κ3) is 5.02. The maximum atomic E-state index is 6.95. The number of thiocarbonyl (C=S) groups is 1. The Labute approximate surface area is 245 Å². The highest BCUT2D eigenvalue weighted by atomic mass is 35.5. The quantitative estimate of drug-likeness (QED) is 0.245. The third-order valence-electron chi connectivity index (χ3n) is 7.93. The molecule has 0 bridgehead atoms. The van der Waals surface area contributed by atoms with Crippen molar-refractivity contribution in [2.45, 2.75) is 38.8 Å². The first-order chi connectivity index (χ1) is 18.9. The molecule has 1 N–H and O–H groups in total. The molecule has 0 spiro atoms. The predicted octanol–water partition coefficient (Wildman–Crippen LogP) is 7.90. The zero-order chi connectivity index (χ0) is 27.1. The first kappa shape index (κ1) is 26.2. The molecule has 8 heteroatoms. The molecule has 2 aromatic carbocycles. The monoisotopic (exact) mass is 575 g/mol. The summed E-state index contributed by atoms with van der Waals surface area (Å²) in [4.78, 5) is 9.28. The molecule has 4 aromatic rings. The van der Waals surface area contributed by atoms with Gasteiger partial charge in [0.1, 0.15) is 6.04 Å². The lowest BCUT2D eigenvalue weighted by molar-refractivity contribution is 0.438. The van der Waals surface area contributed by atoms with Gasteiger partial charge in [-0.2, -0.15) is 0 Å². The molecule has 39 heavy (non-hydrogen) atoms. The van der Waals surface area contributed by atoms with Crippen LogP contribution in [0.25, 0.3) is 5.69 Å². The molecule has 6 rings (SSSR count). The number of nitrogens with one attached hydrogen (secondary N) is 1. The lowest BCUT2D eigenvalue weighted by Crippen LogP contribution is -2.33. The first-order valence-electron chi connectivity index (χ1n) is 13.4. The van der Waals surface area contributed by atoms with Crippen molar-refractivity contribution in [3.8, 4) is 5.69 Å². The highest BCUT2D eigenvalue weighted by Gasteiger charge is 2.42. The number of aryl methyl sites for hydroxylation is 1. The average Bonchev–Trinajstić information content (AvgIpc) is 3.55. The normalized spacial score (nSPS) is 19.9. The predicted molar refractivity (Wildman–Crippen MR) is 166 cm³/mol. The van der Waals surface area contributed by atoms with E-state index in [1.54, 1.807) is 0 Å². The van der Waals surface area contributed by atoms with E-state index in [-0.39, 0.29) is 12.1 Å². The van der Waals surface area contributed by atoms with Crippen LogP contribution < -0.4 is 15.1 Å². The zero-order valence-corrected chi connectivity index (χ0v) is 24.3. The van der Waals surface area contributed by atoms with E-state index in [4.69, 9.17) is 40.4 Å². The summed E-state index contributed by atoms with van der Waals surface area (Å²) < 4.78 is 2.21. The number of hydrogen-bond acceptors (Lipinski definition) is 3. The van der Waals surface area contributed by atoms with Gasteiger partial charge in [0.15, 0.2) is 5.11 Å². The Hall–Kier alpha value is -3.06. The van der Waals surface area contributed by atoms with Crippen molar-refractivity contribution in [1.82, 2.24) is 14.9 Å². The van der Waals surface area contributed by atoms with Gasteiger partial charge in [-0.25, -0.2) is 0 Å². The molecule has 0 amide bonds. The van der Waals surface area contributed by atoms with Crippen LogP contribution in [0.1, 0.15) is 48.8 Å². The van der Waals surface area contributed by atoms with Crippen molar-refractivity contribution in [3.05, 3.63) is 106 Å². The van der Waals surface area contributed by atoms with Crippen molar-refractivity contribution in [1.29, 1.82) is 0 Å². The van der Waals surface area contributed by atoms with Gasteiger partial charge in [-0.1, -0.05) is 36.2 Å². The molecular formula is C31H31Cl2N5S. The van der Waals surface area contributed by atoms with Gasteiger partial charge in [-0.15, -0.1) is 0 Å². The molecule has 2 fully saturated rings. The lowest BCUT2D eigenvalue weighted by Gasteiger charge is -2.33. The summed E-state index contributed by atoms with van der Waals surface area (Å²) in [6.45, 7) is 6.41. The maximum absolute atomic E-state index is 6.95. The van der Waals surface area contributed by atoms with Crippen LogP contribution in [-0.2, 0) is 0 Å². The summed E-state index contributed by atoms with van der Waals surface area (Å²) in [7, 11) is 0. The van der Waals surface area contributed by atoms with Crippen LogP contribution in [0.2, 0.25) is 10.0 Å². The van der Waals surface area contributed by atoms with Gasteiger partial charge in [-0.3, -0.25) is 4.98 Å². The molecule has 4 heterocycles. The average molecular weight is 577 g/mol. The molecule has 0 saturated carbocycles. The molecule has 5 nitrogen and oxygen atoms in total. The van der Waals surface area contributed by atoms with Crippen LogP contribution in [0.4, 0.5) is 11.4 Å². The summed E-state index contributed by atoms with van der Waals surface area (Å²) >= 11 is 19.3. The van der Waals surface area contributed by atoms with E-state index >= 15 is 0 Å². The van der Waals surface area contributed by atoms with Crippen LogP contribution in [0.15, 0.2) is 79.1 Å². The number of benzene rings is 2. The topological polar surface area (TPSA) is 36.3 Å². The molecular weight excluding hydrogens is 545 g/mol. The fourth-order valence-electron chi connectivity index (χ4n) is 5.73. The van der Waals surface area contributed by atoms with E-state index < -0.39 is 0 Å². The Bertz CT molecular complexity index is 1500. The smallest absolute Gasteiger partial charge is 0.174 e. The molecule has 0 radical (unpaired) electrons. The van der Waals surface area contributed by atoms with E-state index in [0.717, 1.165) is 63.1 Å². The van der Waals surface area contributed by atoms with Gasteiger partial charge in [0.25, 0.3) is 0 Å². The van der Waals surface area contributed by atoms with E-state index in [2.05, 4.69) is 69.2 Å². The van der Waals surface area contributed by atoms with E-state index in [1.165, 1.54) is 12.8 Å². The van der Waals surface area contributed by atoms with Gasteiger partial charge < -0.3 is 19.7 Å². The van der Waals surface area contributed by atoms with Crippen molar-refractivity contribution in [2.24, 2.45) is 5.92 Å². The minimum Gasteiger partial charge on any atom is -0.370 e. The minimum atomic E-state index is -0.156. The Morgan fingerprint density at radius 2 is 1.72 bits per heavy atom. The standard InChI is InChI=1S/C31H31Cl2N5S/c1-20-12-16-36(17-13-20)27-11-9-23(19-25(27)33)38-30(29(35-31(38)39)26-6-3-4-14-34-26)28-7-5-15-37(28)22-8-10-24(32)21(2)18-22/h3-11,14-15,18-20,29-30H,12-13,16-17H2,1-2H3,(H,35,39)/t29-,30-/m1/s1. The maximum Gasteiger partial charge on any atom is 0.174 e. The third-order valence-corrected chi connectivity index (χ3v) is 8.98. The first-order valence-corrected chi connectivity index (χ1v) is 14.6. The van der Waals surface area contributed by atoms with Crippen molar-refractivity contribution in [2.75, 3.05) is 22.9 Å². The number of rotatable bonds is 5. The largest absolute Gasteiger partial charge is 0.370 e. The summed E-state index contributed by atoms with van der Waals surface area (Å²) in [5.41, 5.74) is 6.13. The van der Waals surface area contributed by atoms with E-state index in [0.29, 0.717) is 5.11 Å². The zero-order valence-electron chi connectivity index (χ0n) is 22.0. The lowest BCUT2D eigenvalue weighted by atomic mass is 9.98. The number of hydrogen-bond donors (Lipinski definition) is 1. The fourth-order valence-corrected chi connectivity index (χ4v) is 6.49. The molecule has 2 aliphatic rings.